The van der Waals surface area contributed by atoms with Gasteiger partial charge in [-0.15, -0.1) is 0 Å². The zero-order valence-electron chi connectivity index (χ0n) is 13.7. The van der Waals surface area contributed by atoms with Crippen LogP contribution in [-0.2, 0) is 0 Å². The fourth-order valence-electron chi connectivity index (χ4n) is 4.43. The van der Waals surface area contributed by atoms with Gasteiger partial charge in [0, 0.05) is 6.08 Å². The number of nitriles is 1. The molecule has 1 heteroatoms. The maximum Gasteiger partial charge on any atom is 0.0908 e. The van der Waals surface area contributed by atoms with Gasteiger partial charge in [0.05, 0.1) is 6.07 Å². The van der Waals surface area contributed by atoms with Gasteiger partial charge in [-0.25, -0.2) is 0 Å². The Bertz CT molecular complexity index is 385. The number of rotatable bonds is 5. The largest absolute Gasteiger partial charge is 0.193 e. The summed E-state index contributed by atoms with van der Waals surface area (Å²) in [6, 6.07) is 2.12. The second kappa shape index (κ2) is 8.42. The molecule has 0 aromatic carbocycles. The molecule has 0 amide bonds. The van der Waals surface area contributed by atoms with Crippen molar-refractivity contribution in [3.63, 3.8) is 0 Å². The second-order valence-electron chi connectivity index (χ2n) is 7.18. The van der Waals surface area contributed by atoms with Crippen LogP contribution in [0.15, 0.2) is 24.3 Å². The summed E-state index contributed by atoms with van der Waals surface area (Å²) in [6.07, 6.45) is 17.2. The third kappa shape index (κ3) is 4.73. The van der Waals surface area contributed by atoms with E-state index < -0.39 is 0 Å². The molecule has 0 saturated heterocycles. The van der Waals surface area contributed by atoms with E-state index in [4.69, 9.17) is 5.26 Å². The lowest BCUT2D eigenvalue weighted by Crippen LogP contribution is -2.22. The first kappa shape index (κ1) is 16.3. The molecular formula is C20H31N. The van der Waals surface area contributed by atoms with E-state index in [2.05, 4.69) is 25.6 Å². The summed E-state index contributed by atoms with van der Waals surface area (Å²) in [5.74, 6) is 3.18. The Labute approximate surface area is 131 Å². The molecule has 0 aromatic heterocycles. The third-order valence-corrected chi connectivity index (χ3v) is 5.81. The first-order valence-corrected chi connectivity index (χ1v) is 8.99. The fourth-order valence-corrected chi connectivity index (χ4v) is 4.43. The molecule has 2 aliphatic carbocycles. The number of nitrogens with zero attached hydrogens (tertiary/aromatic N) is 1. The molecule has 0 radical (unpaired) electrons. The highest BCUT2D eigenvalue weighted by Gasteiger charge is 2.28. The second-order valence-corrected chi connectivity index (χ2v) is 7.18. The smallest absolute Gasteiger partial charge is 0.0908 e. The van der Waals surface area contributed by atoms with Gasteiger partial charge < -0.3 is 0 Å². The van der Waals surface area contributed by atoms with Gasteiger partial charge in [-0.1, -0.05) is 38.0 Å². The predicted molar refractivity (Wildman–Crippen MR) is 89.7 cm³/mol. The van der Waals surface area contributed by atoms with E-state index in [1.807, 2.05) is 0 Å². The predicted octanol–water partition coefficient (Wildman–Crippen LogP) is 6.04. The van der Waals surface area contributed by atoms with Crippen LogP contribution in [0, 0.1) is 35.0 Å². The first-order valence-electron chi connectivity index (χ1n) is 8.99. The van der Waals surface area contributed by atoms with Crippen molar-refractivity contribution in [1.29, 1.82) is 5.26 Å². The molecule has 2 fully saturated rings. The highest BCUT2D eigenvalue weighted by Crippen LogP contribution is 2.42. The van der Waals surface area contributed by atoms with Gasteiger partial charge in [0.25, 0.3) is 0 Å². The number of hydrogen-bond acceptors (Lipinski definition) is 1. The molecule has 116 valence electrons. The summed E-state index contributed by atoms with van der Waals surface area (Å²) in [5.41, 5.74) is 1.56. The molecule has 2 aliphatic rings. The van der Waals surface area contributed by atoms with E-state index in [0.29, 0.717) is 5.92 Å². The number of hydrogen-bond donors (Lipinski definition) is 0. The maximum atomic E-state index is 8.62. The molecule has 21 heavy (non-hydrogen) atoms. The van der Waals surface area contributed by atoms with Gasteiger partial charge in [-0.05, 0) is 75.0 Å². The summed E-state index contributed by atoms with van der Waals surface area (Å²) >= 11 is 0. The standard InChI is InChI=1S/C20H31N/c1-3-5-17-7-11-19(12-8-17)16(2)20-13-9-18(10-14-20)6-4-15-21/h4,6,17-20H,2-3,5,7-14H2,1H3. The van der Waals surface area contributed by atoms with Crippen molar-refractivity contribution >= 4 is 0 Å². The molecule has 2 saturated carbocycles. The Hall–Kier alpha value is -1.03. The monoisotopic (exact) mass is 285 g/mol. The van der Waals surface area contributed by atoms with Crippen molar-refractivity contribution in [2.75, 3.05) is 0 Å². The van der Waals surface area contributed by atoms with Crippen molar-refractivity contribution in [2.45, 2.75) is 71.1 Å². The molecular weight excluding hydrogens is 254 g/mol. The van der Waals surface area contributed by atoms with E-state index in [-0.39, 0.29) is 0 Å². The van der Waals surface area contributed by atoms with E-state index in [0.717, 1.165) is 17.8 Å². The molecule has 0 atom stereocenters. The Morgan fingerprint density at radius 1 is 1.05 bits per heavy atom. The molecule has 2 rings (SSSR count). The van der Waals surface area contributed by atoms with Crippen LogP contribution in [0.3, 0.4) is 0 Å². The van der Waals surface area contributed by atoms with E-state index >= 15 is 0 Å². The minimum Gasteiger partial charge on any atom is -0.193 e. The van der Waals surface area contributed by atoms with Crippen LogP contribution in [0.5, 0.6) is 0 Å². The van der Waals surface area contributed by atoms with Gasteiger partial charge >= 0.3 is 0 Å². The minimum absolute atomic E-state index is 0.633. The van der Waals surface area contributed by atoms with Gasteiger partial charge in [0.1, 0.15) is 0 Å². The lowest BCUT2D eigenvalue weighted by atomic mass is 9.70. The Morgan fingerprint density at radius 3 is 2.14 bits per heavy atom. The third-order valence-electron chi connectivity index (χ3n) is 5.81. The molecule has 0 bridgehead atoms. The molecule has 0 aromatic rings. The van der Waals surface area contributed by atoms with E-state index in [1.54, 1.807) is 11.6 Å². The molecule has 1 nitrogen and oxygen atoms in total. The van der Waals surface area contributed by atoms with Crippen molar-refractivity contribution in [3.8, 4) is 6.07 Å². The zero-order valence-corrected chi connectivity index (χ0v) is 13.7. The topological polar surface area (TPSA) is 23.8 Å². The van der Waals surface area contributed by atoms with Crippen molar-refractivity contribution in [1.82, 2.24) is 0 Å². The first-order chi connectivity index (χ1) is 10.2. The minimum atomic E-state index is 0.633. The Morgan fingerprint density at radius 2 is 1.62 bits per heavy atom. The molecule has 0 spiro atoms. The summed E-state index contributed by atoms with van der Waals surface area (Å²) in [5, 5.41) is 8.62. The van der Waals surface area contributed by atoms with Gasteiger partial charge in [-0.2, -0.15) is 5.26 Å². The maximum absolute atomic E-state index is 8.62. The van der Waals surface area contributed by atoms with Crippen LogP contribution in [0.4, 0.5) is 0 Å². The van der Waals surface area contributed by atoms with Gasteiger partial charge in [-0.3, -0.25) is 0 Å². The summed E-state index contributed by atoms with van der Waals surface area (Å²) in [7, 11) is 0. The van der Waals surface area contributed by atoms with Crippen LogP contribution in [-0.4, -0.2) is 0 Å². The molecule has 0 unspecified atom stereocenters. The van der Waals surface area contributed by atoms with Crippen LogP contribution in [0.25, 0.3) is 0 Å². The summed E-state index contributed by atoms with van der Waals surface area (Å²) in [6.45, 7) is 6.80. The van der Waals surface area contributed by atoms with Gasteiger partial charge in [0.15, 0.2) is 0 Å². The zero-order chi connectivity index (χ0) is 15.1. The normalized spacial score (nSPS) is 33.7. The van der Waals surface area contributed by atoms with E-state index in [9.17, 15) is 0 Å². The summed E-state index contributed by atoms with van der Waals surface area (Å²) < 4.78 is 0. The van der Waals surface area contributed by atoms with Crippen LogP contribution >= 0.6 is 0 Å². The summed E-state index contributed by atoms with van der Waals surface area (Å²) in [4.78, 5) is 0. The van der Waals surface area contributed by atoms with Crippen molar-refractivity contribution < 1.29 is 0 Å². The quantitative estimate of drug-likeness (QED) is 0.446. The van der Waals surface area contributed by atoms with Crippen LogP contribution in [0.1, 0.15) is 71.1 Å². The average molecular weight is 285 g/mol. The van der Waals surface area contributed by atoms with Gasteiger partial charge in [0.2, 0.25) is 0 Å². The van der Waals surface area contributed by atoms with Crippen LogP contribution < -0.4 is 0 Å². The lowest BCUT2D eigenvalue weighted by molar-refractivity contribution is 0.255. The number of allylic oxidation sites excluding steroid dienone is 3. The molecule has 0 N–H and O–H groups in total. The average Bonchev–Trinajstić information content (AvgIpc) is 2.54. The van der Waals surface area contributed by atoms with Crippen molar-refractivity contribution in [3.05, 3.63) is 24.3 Å². The van der Waals surface area contributed by atoms with Crippen LogP contribution in [0.2, 0.25) is 0 Å². The fraction of sp³-hybridized carbons (Fsp3) is 0.750. The Kier molecular flexibility index (Phi) is 6.55. The molecule has 0 heterocycles. The van der Waals surface area contributed by atoms with E-state index in [1.165, 1.54) is 64.2 Å². The Balaban J connectivity index is 1.75. The van der Waals surface area contributed by atoms with Crippen molar-refractivity contribution in [2.24, 2.45) is 23.7 Å². The lowest BCUT2D eigenvalue weighted by Gasteiger charge is -2.35. The highest BCUT2D eigenvalue weighted by molar-refractivity contribution is 5.10. The highest BCUT2D eigenvalue weighted by atomic mass is 14.3. The SMILES string of the molecule is C=C(C1CCC(C=CC#N)CC1)C1CCC(CCC)CC1. The molecule has 0 aliphatic heterocycles.